The number of benzene rings is 1. The van der Waals surface area contributed by atoms with E-state index in [1.807, 2.05) is 23.9 Å². The summed E-state index contributed by atoms with van der Waals surface area (Å²) in [6.07, 6.45) is 1.91. The van der Waals surface area contributed by atoms with E-state index in [-0.39, 0.29) is 6.10 Å². The van der Waals surface area contributed by atoms with Crippen molar-refractivity contribution in [2.75, 3.05) is 24.6 Å². The Morgan fingerprint density at radius 3 is 2.92 bits per heavy atom. The van der Waals surface area contributed by atoms with E-state index in [4.69, 9.17) is 16.3 Å². The lowest BCUT2D eigenvalue weighted by atomic mass is 10.1. The van der Waals surface area contributed by atoms with Crippen LogP contribution in [0.15, 0.2) is 34.9 Å². The highest BCUT2D eigenvalue weighted by Gasteiger charge is 2.23. The molecule has 4 rings (SSSR count). The van der Waals surface area contributed by atoms with Crippen LogP contribution in [0.1, 0.15) is 11.4 Å². The summed E-state index contributed by atoms with van der Waals surface area (Å²) >= 11 is 9.92. The maximum atomic E-state index is 6.38. The Morgan fingerprint density at radius 1 is 1.31 bits per heavy atom. The highest BCUT2D eigenvalue weighted by Crippen LogP contribution is 2.33. The van der Waals surface area contributed by atoms with Gasteiger partial charge in [-0.15, -0.1) is 0 Å². The van der Waals surface area contributed by atoms with Crippen LogP contribution in [0.3, 0.4) is 0 Å². The molecule has 3 heterocycles. The molecule has 7 heteroatoms. The molecule has 1 atom stereocenters. The van der Waals surface area contributed by atoms with Crippen molar-refractivity contribution < 1.29 is 4.74 Å². The molecule has 0 bridgehead atoms. The summed E-state index contributed by atoms with van der Waals surface area (Å²) in [4.78, 5) is 6.81. The van der Waals surface area contributed by atoms with Crippen molar-refractivity contribution in [2.45, 2.75) is 26.5 Å². The molecule has 0 saturated carbocycles. The van der Waals surface area contributed by atoms with Crippen LogP contribution in [0.5, 0.6) is 0 Å². The van der Waals surface area contributed by atoms with Crippen molar-refractivity contribution >= 4 is 44.1 Å². The van der Waals surface area contributed by atoms with Gasteiger partial charge in [-0.2, -0.15) is 5.10 Å². The quantitative estimate of drug-likeness (QED) is 0.613. The first-order valence-electron chi connectivity index (χ1n) is 8.62. The Balaban J connectivity index is 1.62. The van der Waals surface area contributed by atoms with Crippen LogP contribution in [-0.2, 0) is 11.3 Å². The van der Waals surface area contributed by atoms with Gasteiger partial charge in [0.25, 0.3) is 0 Å². The van der Waals surface area contributed by atoms with E-state index in [2.05, 4.69) is 56.0 Å². The maximum absolute atomic E-state index is 6.38. The number of morpholine rings is 1. The number of hydrogen-bond acceptors (Lipinski definition) is 4. The second-order valence-corrected chi connectivity index (χ2v) is 7.98. The zero-order chi connectivity index (χ0) is 18.3. The summed E-state index contributed by atoms with van der Waals surface area (Å²) in [7, 11) is 0. The number of anilines is 1. The fourth-order valence-corrected chi connectivity index (χ4v) is 4.40. The molecule has 1 saturated heterocycles. The molecule has 2 aromatic heterocycles. The highest BCUT2D eigenvalue weighted by molar-refractivity contribution is 9.10. The Kier molecular flexibility index (Phi) is 4.90. The van der Waals surface area contributed by atoms with Crippen molar-refractivity contribution in [3.05, 3.63) is 51.3 Å². The number of aromatic nitrogens is 3. The minimum absolute atomic E-state index is 0.0904. The van der Waals surface area contributed by atoms with Crippen molar-refractivity contribution in [2.24, 2.45) is 0 Å². The molecule has 5 nitrogen and oxygen atoms in total. The first kappa shape index (κ1) is 17.8. The number of fused-ring (bicyclic) bond motifs is 1. The summed E-state index contributed by atoms with van der Waals surface area (Å²) in [5.41, 5.74) is 4.16. The predicted molar refractivity (Wildman–Crippen MR) is 108 cm³/mol. The number of pyridine rings is 1. The lowest BCUT2D eigenvalue weighted by Crippen LogP contribution is -2.44. The molecule has 1 aliphatic heterocycles. The van der Waals surface area contributed by atoms with Gasteiger partial charge in [-0.05, 0) is 38.1 Å². The molecule has 1 aliphatic rings. The van der Waals surface area contributed by atoms with Gasteiger partial charge in [-0.1, -0.05) is 27.5 Å². The number of rotatable bonds is 3. The van der Waals surface area contributed by atoms with Crippen LogP contribution in [0.2, 0.25) is 5.02 Å². The molecule has 136 valence electrons. The number of aryl methyl sites for hydroxylation is 2. The van der Waals surface area contributed by atoms with Gasteiger partial charge in [0, 0.05) is 40.5 Å². The largest absolute Gasteiger partial charge is 0.373 e. The summed E-state index contributed by atoms with van der Waals surface area (Å²) < 4.78 is 8.99. The van der Waals surface area contributed by atoms with Crippen molar-refractivity contribution in [3.8, 4) is 0 Å². The SMILES string of the molecule is Cc1cc(C)n(CC2CN(c3ccnc4c(Cl)cc(Br)cc34)CCO2)n1. The van der Waals surface area contributed by atoms with Crippen LogP contribution in [-0.4, -0.2) is 40.6 Å². The summed E-state index contributed by atoms with van der Waals surface area (Å²) in [6.45, 7) is 7.19. The Labute approximate surface area is 166 Å². The van der Waals surface area contributed by atoms with Gasteiger partial charge in [0.05, 0.1) is 35.5 Å². The Bertz CT molecular complexity index is 958. The van der Waals surface area contributed by atoms with Crippen molar-refractivity contribution in [3.63, 3.8) is 0 Å². The molecule has 0 spiro atoms. The molecule has 1 aromatic carbocycles. The van der Waals surface area contributed by atoms with Crippen LogP contribution in [0.4, 0.5) is 5.69 Å². The van der Waals surface area contributed by atoms with Gasteiger partial charge in [-0.3, -0.25) is 9.67 Å². The van der Waals surface area contributed by atoms with E-state index in [1.54, 1.807) is 0 Å². The smallest absolute Gasteiger partial charge is 0.0946 e. The molecular weight excluding hydrogens is 416 g/mol. The Hall–Kier alpha value is -1.63. The third-order valence-electron chi connectivity index (χ3n) is 4.70. The van der Waals surface area contributed by atoms with Gasteiger partial charge in [0.1, 0.15) is 0 Å². The fourth-order valence-electron chi connectivity index (χ4n) is 3.54. The highest BCUT2D eigenvalue weighted by atomic mass is 79.9. The van der Waals surface area contributed by atoms with E-state index in [0.717, 1.165) is 52.1 Å². The number of halogens is 2. The molecular formula is C19H20BrClN4O. The van der Waals surface area contributed by atoms with Crippen LogP contribution in [0.25, 0.3) is 10.9 Å². The third kappa shape index (κ3) is 3.46. The van der Waals surface area contributed by atoms with Crippen LogP contribution >= 0.6 is 27.5 Å². The van der Waals surface area contributed by atoms with Crippen LogP contribution in [0, 0.1) is 13.8 Å². The number of ether oxygens (including phenoxy) is 1. The first-order valence-corrected chi connectivity index (χ1v) is 9.80. The average Bonchev–Trinajstić information content (AvgIpc) is 2.92. The molecule has 0 aliphatic carbocycles. The van der Waals surface area contributed by atoms with Crippen LogP contribution < -0.4 is 4.90 Å². The van der Waals surface area contributed by atoms with Crippen molar-refractivity contribution in [1.82, 2.24) is 14.8 Å². The zero-order valence-corrected chi connectivity index (χ0v) is 17.1. The summed E-state index contributed by atoms with van der Waals surface area (Å²) in [5.74, 6) is 0. The van der Waals surface area contributed by atoms with Gasteiger partial charge < -0.3 is 9.64 Å². The molecule has 0 amide bonds. The van der Waals surface area contributed by atoms with Gasteiger partial charge in [0.15, 0.2) is 0 Å². The Morgan fingerprint density at radius 2 is 2.15 bits per heavy atom. The number of nitrogens with zero attached hydrogens (tertiary/aromatic N) is 4. The standard InChI is InChI=1S/C19H20BrClN4O/c1-12-7-13(2)25(23-12)11-15-10-24(5-6-26-15)18-3-4-22-19-16(18)8-14(20)9-17(19)21/h3-4,7-9,15H,5-6,10-11H2,1-2H3. The molecule has 26 heavy (non-hydrogen) atoms. The maximum Gasteiger partial charge on any atom is 0.0946 e. The topological polar surface area (TPSA) is 43.2 Å². The lowest BCUT2D eigenvalue weighted by molar-refractivity contribution is 0.0271. The summed E-state index contributed by atoms with van der Waals surface area (Å²) in [6, 6.07) is 8.11. The van der Waals surface area contributed by atoms with E-state index in [9.17, 15) is 0 Å². The average molecular weight is 436 g/mol. The zero-order valence-electron chi connectivity index (χ0n) is 14.7. The van der Waals surface area contributed by atoms with Gasteiger partial charge in [-0.25, -0.2) is 0 Å². The minimum atomic E-state index is 0.0904. The summed E-state index contributed by atoms with van der Waals surface area (Å²) in [5, 5.41) is 6.27. The first-order chi connectivity index (χ1) is 12.5. The van der Waals surface area contributed by atoms with E-state index in [0.29, 0.717) is 11.6 Å². The molecule has 0 radical (unpaired) electrons. The second-order valence-electron chi connectivity index (χ2n) is 6.66. The fraction of sp³-hybridized carbons (Fsp3) is 0.368. The van der Waals surface area contributed by atoms with E-state index < -0.39 is 0 Å². The molecule has 1 fully saturated rings. The van der Waals surface area contributed by atoms with Crippen molar-refractivity contribution in [1.29, 1.82) is 0 Å². The van der Waals surface area contributed by atoms with E-state index >= 15 is 0 Å². The molecule has 1 unspecified atom stereocenters. The van der Waals surface area contributed by atoms with Gasteiger partial charge in [0.2, 0.25) is 0 Å². The third-order valence-corrected chi connectivity index (χ3v) is 5.45. The second kappa shape index (κ2) is 7.18. The molecule has 3 aromatic rings. The number of hydrogen-bond donors (Lipinski definition) is 0. The van der Waals surface area contributed by atoms with E-state index in [1.165, 1.54) is 0 Å². The van der Waals surface area contributed by atoms with Gasteiger partial charge >= 0.3 is 0 Å². The lowest BCUT2D eigenvalue weighted by Gasteiger charge is -2.35. The minimum Gasteiger partial charge on any atom is -0.373 e. The normalized spacial score (nSPS) is 17.8. The molecule has 0 N–H and O–H groups in total. The predicted octanol–water partition coefficient (Wildman–Crippen LogP) is 4.37. The monoisotopic (exact) mass is 434 g/mol.